The minimum absolute atomic E-state index is 0.0117. The number of alkyl halides is 2. The van der Waals surface area contributed by atoms with Gasteiger partial charge in [-0.15, -0.1) is 9.24 Å². The largest absolute Gasteiger partial charge is 0.496 e. The number of halogens is 2. The molecule has 0 aromatic heterocycles. The van der Waals surface area contributed by atoms with Gasteiger partial charge in [-0.2, -0.15) is 0 Å². The number of carbonyl (C=O) groups is 4. The summed E-state index contributed by atoms with van der Waals surface area (Å²) in [5.41, 5.74) is -0.0419. The van der Waals surface area contributed by atoms with Crippen LogP contribution in [0.4, 0.5) is 10.1 Å². The summed E-state index contributed by atoms with van der Waals surface area (Å²) in [6, 6.07) is 7.86. The van der Waals surface area contributed by atoms with Crippen LogP contribution >= 0.6 is 31.8 Å². The maximum atomic E-state index is 14.4. The van der Waals surface area contributed by atoms with E-state index >= 15 is 0 Å². The van der Waals surface area contributed by atoms with Crippen LogP contribution in [0.3, 0.4) is 0 Å². The molecule has 0 radical (unpaired) electrons. The molecular weight excluding hydrogens is 763 g/mol. The van der Waals surface area contributed by atoms with E-state index in [9.17, 15) is 32.0 Å². The highest BCUT2D eigenvalue weighted by molar-refractivity contribution is 14.1. The van der Waals surface area contributed by atoms with Gasteiger partial charge in [-0.25, -0.2) is 12.8 Å². The van der Waals surface area contributed by atoms with Gasteiger partial charge >= 0.3 is 0 Å². The lowest BCUT2D eigenvalue weighted by Crippen LogP contribution is -2.55. The zero-order valence-electron chi connectivity index (χ0n) is 26.7. The number of benzene rings is 2. The molecule has 47 heavy (non-hydrogen) atoms. The molecule has 2 N–H and O–H groups in total. The van der Waals surface area contributed by atoms with E-state index in [0.29, 0.717) is 49.0 Å². The zero-order chi connectivity index (χ0) is 34.7. The quantitative estimate of drug-likeness (QED) is 0.158. The maximum Gasteiger partial charge on any atom is 0.261 e. The van der Waals surface area contributed by atoms with Gasteiger partial charge in [0.05, 0.1) is 29.6 Å². The summed E-state index contributed by atoms with van der Waals surface area (Å²) in [5, 5.41) is 6.32. The minimum atomic E-state index is -4.35. The van der Waals surface area contributed by atoms with Crippen LogP contribution in [0.15, 0.2) is 41.3 Å². The predicted octanol–water partition coefficient (Wildman–Crippen LogP) is 4.18. The van der Waals surface area contributed by atoms with Crippen LogP contribution in [0.2, 0.25) is 0 Å². The number of anilines is 1. The van der Waals surface area contributed by atoms with Crippen LogP contribution in [-0.2, 0) is 24.2 Å². The normalized spacial score (nSPS) is 24.4. The van der Waals surface area contributed by atoms with E-state index in [-0.39, 0.29) is 46.5 Å². The first-order valence-corrected chi connectivity index (χ1v) is 18.3. The van der Waals surface area contributed by atoms with E-state index in [4.69, 9.17) is 9.47 Å². The molecule has 2 aromatic rings. The average molecular weight is 804 g/mol. The van der Waals surface area contributed by atoms with Crippen LogP contribution in [0.25, 0.3) is 0 Å². The number of piperidine rings is 1. The SMILES string of the molecule is COc1cc(P)c(OC2CCC(C)(C=O)CC2)cc1C(=O)N[C@@H]1CCN(C(C)=O)C[C@@H]1C(=O)Nc1cccc(S(=O)(=O)C(C)(F)I)c1. The third-order valence-electron chi connectivity index (χ3n) is 8.82. The number of hydrogen-bond acceptors (Lipinski definition) is 8. The Balaban J connectivity index is 1.55. The first-order chi connectivity index (χ1) is 22.0. The molecule has 1 aliphatic heterocycles. The molecule has 0 spiro atoms. The Kier molecular flexibility index (Phi) is 11.6. The zero-order valence-corrected chi connectivity index (χ0v) is 30.8. The number of likely N-dealkylation sites (tertiary alicyclic amines) is 1. The molecule has 4 atom stereocenters. The molecule has 1 aliphatic carbocycles. The lowest BCUT2D eigenvalue weighted by atomic mass is 9.76. The van der Waals surface area contributed by atoms with E-state index in [1.807, 2.05) is 6.92 Å². The van der Waals surface area contributed by atoms with E-state index in [2.05, 4.69) is 19.9 Å². The van der Waals surface area contributed by atoms with Crippen molar-refractivity contribution < 1.29 is 41.5 Å². The number of methoxy groups -OCH3 is 1. The summed E-state index contributed by atoms with van der Waals surface area (Å²) >= 11 is 1.20. The van der Waals surface area contributed by atoms with E-state index in [0.717, 1.165) is 13.2 Å². The Hall–Kier alpha value is -2.84. The number of ether oxygens (including phenoxy) is 2. The Morgan fingerprint density at radius 1 is 1.15 bits per heavy atom. The van der Waals surface area contributed by atoms with Crippen molar-refractivity contribution in [3.05, 3.63) is 42.0 Å². The molecule has 4 rings (SSSR count). The number of rotatable bonds is 10. The number of carbonyl (C=O) groups excluding carboxylic acids is 4. The van der Waals surface area contributed by atoms with Crippen LogP contribution in [0, 0.1) is 11.3 Å². The monoisotopic (exact) mass is 803 g/mol. The summed E-state index contributed by atoms with van der Waals surface area (Å²) in [6.07, 6.45) is 3.94. The molecule has 1 saturated carbocycles. The first-order valence-electron chi connectivity index (χ1n) is 15.2. The second-order valence-electron chi connectivity index (χ2n) is 12.4. The minimum Gasteiger partial charge on any atom is -0.496 e. The number of nitrogens with one attached hydrogen (secondary N) is 2. The molecule has 11 nitrogen and oxygen atoms in total. The van der Waals surface area contributed by atoms with Crippen molar-refractivity contribution in [3.8, 4) is 11.5 Å². The Labute approximate surface area is 290 Å². The molecule has 256 valence electrons. The molecule has 3 amide bonds. The topological polar surface area (TPSA) is 148 Å². The fourth-order valence-corrected chi connectivity index (χ4v) is 7.81. The summed E-state index contributed by atoms with van der Waals surface area (Å²) < 4.78 is 48.9. The number of aldehydes is 1. The van der Waals surface area contributed by atoms with Gasteiger partial charge in [0, 0.05) is 42.5 Å². The highest BCUT2D eigenvalue weighted by atomic mass is 127. The highest BCUT2D eigenvalue weighted by Gasteiger charge is 2.39. The van der Waals surface area contributed by atoms with Crippen LogP contribution in [0.1, 0.15) is 63.2 Å². The van der Waals surface area contributed by atoms with Gasteiger partial charge in [0.2, 0.25) is 21.7 Å². The Morgan fingerprint density at radius 2 is 1.83 bits per heavy atom. The molecule has 2 aromatic carbocycles. The van der Waals surface area contributed by atoms with E-state index in [1.165, 1.54) is 65.8 Å². The predicted molar refractivity (Wildman–Crippen MR) is 187 cm³/mol. The Bertz CT molecular complexity index is 1640. The van der Waals surface area contributed by atoms with Crippen molar-refractivity contribution in [1.29, 1.82) is 0 Å². The second-order valence-corrected chi connectivity index (χ2v) is 18.1. The summed E-state index contributed by atoms with van der Waals surface area (Å²) in [6.45, 7) is 4.58. The summed E-state index contributed by atoms with van der Waals surface area (Å²) in [4.78, 5) is 52.3. The summed E-state index contributed by atoms with van der Waals surface area (Å²) in [5.74, 6) is -1.42. The molecule has 2 unspecified atom stereocenters. The molecular formula is C32H40FIN3O8PS. The molecule has 1 saturated heterocycles. The lowest BCUT2D eigenvalue weighted by Gasteiger charge is -2.37. The van der Waals surface area contributed by atoms with Gasteiger partial charge in [0.1, 0.15) is 17.8 Å². The number of nitrogens with zero attached hydrogens (tertiary/aromatic N) is 1. The molecule has 2 aliphatic rings. The fourth-order valence-electron chi connectivity index (χ4n) is 5.80. The molecule has 0 bridgehead atoms. The van der Waals surface area contributed by atoms with Gasteiger partial charge in [-0.3, -0.25) is 14.4 Å². The number of sulfone groups is 1. The van der Waals surface area contributed by atoms with Crippen molar-refractivity contribution in [1.82, 2.24) is 10.2 Å². The maximum absolute atomic E-state index is 14.4. The van der Waals surface area contributed by atoms with E-state index in [1.54, 1.807) is 12.1 Å². The molecule has 15 heteroatoms. The van der Waals surface area contributed by atoms with Crippen molar-refractivity contribution >= 4 is 76.7 Å². The van der Waals surface area contributed by atoms with Crippen molar-refractivity contribution in [3.63, 3.8) is 0 Å². The Morgan fingerprint density at radius 3 is 2.43 bits per heavy atom. The standard InChI is InChI=1S/C32H40FIN3O8PS/c1-19(39)37-13-10-25(24(17-37)30(41)35-20-6-5-7-22(14-20)47(42,43)32(3,33)34)36-29(40)23-15-27(28(46)16-26(23)44-4)45-21-8-11-31(2,18-38)12-9-21/h5-7,14-16,18,21,24-25H,8-13,17,46H2,1-4H3,(H,35,41)(H,36,40)/t21?,24-,25+,31?,32?/m0/s1. The number of amides is 3. The second kappa shape index (κ2) is 14.7. The highest BCUT2D eigenvalue weighted by Crippen LogP contribution is 2.37. The van der Waals surface area contributed by atoms with Crippen molar-refractivity contribution in [2.24, 2.45) is 11.3 Å². The number of hydrogen-bond donors (Lipinski definition) is 2. The molecule has 1 heterocycles. The van der Waals surface area contributed by atoms with Crippen LogP contribution in [0.5, 0.6) is 11.5 Å². The summed E-state index contributed by atoms with van der Waals surface area (Å²) in [7, 11) is -0.319. The van der Waals surface area contributed by atoms with Gasteiger partial charge < -0.3 is 29.8 Å². The van der Waals surface area contributed by atoms with E-state index < -0.39 is 36.6 Å². The lowest BCUT2D eigenvalue weighted by molar-refractivity contribution is -0.133. The smallest absolute Gasteiger partial charge is 0.261 e. The van der Waals surface area contributed by atoms with Crippen LogP contribution < -0.4 is 25.4 Å². The van der Waals surface area contributed by atoms with Gasteiger partial charge in [-0.1, -0.05) is 13.0 Å². The average Bonchev–Trinajstić information content (AvgIpc) is 3.02. The first kappa shape index (κ1) is 37.0. The molecule has 2 fully saturated rings. The third-order valence-corrected chi connectivity index (χ3v) is 12.8. The van der Waals surface area contributed by atoms with Crippen LogP contribution in [-0.4, -0.2) is 72.7 Å². The third kappa shape index (κ3) is 8.61. The van der Waals surface area contributed by atoms with Crippen molar-refractivity contribution in [2.75, 3.05) is 25.5 Å². The van der Waals surface area contributed by atoms with Gasteiger partial charge in [0.25, 0.3) is 8.91 Å². The van der Waals surface area contributed by atoms with Gasteiger partial charge in [-0.05, 0) is 92.0 Å². The van der Waals surface area contributed by atoms with Crippen molar-refractivity contribution in [2.45, 2.75) is 72.9 Å². The fraction of sp³-hybridized carbons (Fsp3) is 0.500. The van der Waals surface area contributed by atoms with Gasteiger partial charge in [0.15, 0.2) is 0 Å².